The van der Waals surface area contributed by atoms with Gasteiger partial charge in [-0.05, 0) is 32.8 Å². The van der Waals surface area contributed by atoms with E-state index in [9.17, 15) is 0 Å². The molecule has 0 aliphatic heterocycles. The molecule has 3 nitrogen and oxygen atoms in total. The van der Waals surface area contributed by atoms with Gasteiger partial charge in [0.05, 0.1) is 7.11 Å². The molecule has 1 unspecified atom stereocenters. The Bertz CT molecular complexity index is 623. The normalized spacial score (nSPS) is 12.2. The Labute approximate surface area is 127 Å². The Hall–Kier alpha value is -1.87. The molecule has 1 atom stereocenters. The lowest BCUT2D eigenvalue weighted by atomic mass is 9.98. The summed E-state index contributed by atoms with van der Waals surface area (Å²) in [5, 5.41) is 0. The lowest BCUT2D eigenvalue weighted by Gasteiger charge is -2.16. The van der Waals surface area contributed by atoms with Crippen LogP contribution < -0.4 is 10.5 Å². The van der Waals surface area contributed by atoms with E-state index in [1.165, 1.54) is 11.1 Å². The van der Waals surface area contributed by atoms with Crippen molar-refractivity contribution in [2.45, 2.75) is 39.7 Å². The van der Waals surface area contributed by atoms with E-state index in [0.29, 0.717) is 0 Å². The average molecular weight is 284 g/mol. The van der Waals surface area contributed by atoms with Crippen LogP contribution in [0.4, 0.5) is 0 Å². The third-order valence-electron chi connectivity index (χ3n) is 3.79. The van der Waals surface area contributed by atoms with Crippen molar-refractivity contribution in [2.75, 3.05) is 7.11 Å². The van der Waals surface area contributed by atoms with Gasteiger partial charge in [-0.25, -0.2) is 0 Å². The summed E-state index contributed by atoms with van der Waals surface area (Å²) in [5.41, 5.74) is 12.0. The Morgan fingerprint density at radius 1 is 1.19 bits per heavy atom. The topological polar surface area (TPSA) is 48.1 Å². The van der Waals surface area contributed by atoms with Crippen molar-refractivity contribution in [3.63, 3.8) is 0 Å². The number of nitrogens with two attached hydrogens (primary N) is 1. The van der Waals surface area contributed by atoms with Gasteiger partial charge >= 0.3 is 0 Å². The molecule has 0 radical (unpaired) electrons. The van der Waals surface area contributed by atoms with Crippen LogP contribution in [0.2, 0.25) is 0 Å². The first-order chi connectivity index (χ1) is 10.0. The number of ether oxygens (including phenoxy) is 1. The van der Waals surface area contributed by atoms with Crippen LogP contribution in [0, 0.1) is 20.8 Å². The summed E-state index contributed by atoms with van der Waals surface area (Å²) in [5.74, 6) is 0.919. The summed E-state index contributed by atoms with van der Waals surface area (Å²) in [6.07, 6.45) is 3.48. The number of pyridine rings is 1. The Morgan fingerprint density at radius 3 is 2.62 bits per heavy atom. The molecule has 1 aromatic carbocycles. The minimum atomic E-state index is 0.0606. The molecule has 0 saturated heterocycles. The fourth-order valence-electron chi connectivity index (χ4n) is 2.74. The van der Waals surface area contributed by atoms with E-state index in [2.05, 4.69) is 36.2 Å². The maximum Gasteiger partial charge on any atom is 0.128 e. The van der Waals surface area contributed by atoms with Gasteiger partial charge in [-0.15, -0.1) is 0 Å². The highest BCUT2D eigenvalue weighted by molar-refractivity contribution is 5.41. The molecule has 3 heteroatoms. The SMILES string of the molecule is COc1c(C)cnc(CC(N)Cc2cccc(C)c2)c1C. The van der Waals surface area contributed by atoms with Crippen molar-refractivity contribution in [2.24, 2.45) is 5.73 Å². The highest BCUT2D eigenvalue weighted by atomic mass is 16.5. The number of benzene rings is 1. The van der Waals surface area contributed by atoms with E-state index in [1.807, 2.05) is 20.0 Å². The first-order valence-corrected chi connectivity index (χ1v) is 7.31. The molecule has 1 heterocycles. The molecular weight excluding hydrogens is 260 g/mol. The van der Waals surface area contributed by atoms with Gasteiger partial charge in [-0.2, -0.15) is 0 Å². The van der Waals surface area contributed by atoms with Gasteiger partial charge in [0.25, 0.3) is 0 Å². The molecule has 2 N–H and O–H groups in total. The summed E-state index contributed by atoms with van der Waals surface area (Å²) in [7, 11) is 1.70. The summed E-state index contributed by atoms with van der Waals surface area (Å²) in [4.78, 5) is 4.53. The Balaban J connectivity index is 2.11. The number of nitrogens with zero attached hydrogens (tertiary/aromatic N) is 1. The summed E-state index contributed by atoms with van der Waals surface area (Å²) >= 11 is 0. The van der Waals surface area contributed by atoms with Gasteiger partial charge in [0, 0.05) is 35.5 Å². The monoisotopic (exact) mass is 284 g/mol. The first-order valence-electron chi connectivity index (χ1n) is 7.31. The largest absolute Gasteiger partial charge is 0.496 e. The zero-order valence-electron chi connectivity index (χ0n) is 13.3. The predicted molar refractivity (Wildman–Crippen MR) is 86.8 cm³/mol. The molecule has 2 aromatic rings. The molecule has 0 bridgehead atoms. The van der Waals surface area contributed by atoms with Crippen molar-refractivity contribution < 1.29 is 4.74 Å². The number of methoxy groups -OCH3 is 1. The second kappa shape index (κ2) is 6.72. The standard InChI is InChI=1S/C18H24N2O/c1-12-6-5-7-15(8-12)9-16(19)10-17-14(3)18(21-4)13(2)11-20-17/h5-8,11,16H,9-10,19H2,1-4H3. The van der Waals surface area contributed by atoms with Crippen LogP contribution in [0.25, 0.3) is 0 Å². The van der Waals surface area contributed by atoms with Crippen molar-refractivity contribution in [1.82, 2.24) is 4.98 Å². The van der Waals surface area contributed by atoms with Crippen LogP contribution >= 0.6 is 0 Å². The minimum absolute atomic E-state index is 0.0606. The van der Waals surface area contributed by atoms with E-state index in [4.69, 9.17) is 10.5 Å². The van der Waals surface area contributed by atoms with Crippen molar-refractivity contribution in [1.29, 1.82) is 0 Å². The third-order valence-corrected chi connectivity index (χ3v) is 3.79. The Morgan fingerprint density at radius 2 is 1.95 bits per heavy atom. The van der Waals surface area contributed by atoms with Crippen LogP contribution in [0.5, 0.6) is 5.75 Å². The molecule has 2 rings (SSSR count). The van der Waals surface area contributed by atoms with Gasteiger partial charge in [0.2, 0.25) is 0 Å². The van der Waals surface area contributed by atoms with E-state index in [-0.39, 0.29) is 6.04 Å². The second-order valence-electron chi connectivity index (χ2n) is 5.70. The maximum atomic E-state index is 6.31. The number of hydrogen-bond donors (Lipinski definition) is 1. The van der Waals surface area contributed by atoms with Crippen molar-refractivity contribution in [3.05, 3.63) is 58.4 Å². The molecule has 21 heavy (non-hydrogen) atoms. The smallest absolute Gasteiger partial charge is 0.128 e. The highest BCUT2D eigenvalue weighted by Gasteiger charge is 2.13. The summed E-state index contributed by atoms with van der Waals surface area (Å²) in [6, 6.07) is 8.56. The van der Waals surface area contributed by atoms with E-state index < -0.39 is 0 Å². The van der Waals surface area contributed by atoms with E-state index >= 15 is 0 Å². The Kier molecular flexibility index (Phi) is 4.97. The first kappa shape index (κ1) is 15.5. The van der Waals surface area contributed by atoms with Crippen LogP contribution in [0.3, 0.4) is 0 Å². The average Bonchev–Trinajstić information content (AvgIpc) is 2.42. The van der Waals surface area contributed by atoms with Crippen LogP contribution in [-0.2, 0) is 12.8 Å². The lowest BCUT2D eigenvalue weighted by molar-refractivity contribution is 0.406. The molecule has 0 amide bonds. The minimum Gasteiger partial charge on any atom is -0.496 e. The third kappa shape index (κ3) is 3.82. The molecular formula is C18H24N2O. The van der Waals surface area contributed by atoms with E-state index in [1.54, 1.807) is 7.11 Å². The molecule has 0 aliphatic rings. The molecule has 0 spiro atoms. The van der Waals surface area contributed by atoms with Gasteiger partial charge < -0.3 is 10.5 Å². The van der Waals surface area contributed by atoms with Gasteiger partial charge in [-0.3, -0.25) is 4.98 Å². The quantitative estimate of drug-likeness (QED) is 0.917. The molecule has 0 aliphatic carbocycles. The second-order valence-corrected chi connectivity index (χ2v) is 5.70. The van der Waals surface area contributed by atoms with Crippen LogP contribution in [0.15, 0.2) is 30.5 Å². The zero-order chi connectivity index (χ0) is 15.4. The predicted octanol–water partition coefficient (Wildman–Crippen LogP) is 3.13. The van der Waals surface area contributed by atoms with Crippen LogP contribution in [0.1, 0.15) is 27.9 Å². The summed E-state index contributed by atoms with van der Waals surface area (Å²) in [6.45, 7) is 6.16. The fourth-order valence-corrected chi connectivity index (χ4v) is 2.74. The van der Waals surface area contributed by atoms with Crippen molar-refractivity contribution in [3.8, 4) is 5.75 Å². The summed E-state index contributed by atoms with van der Waals surface area (Å²) < 4.78 is 5.45. The fraction of sp³-hybridized carbons (Fsp3) is 0.389. The van der Waals surface area contributed by atoms with Gasteiger partial charge in [0.1, 0.15) is 5.75 Å². The van der Waals surface area contributed by atoms with Crippen LogP contribution in [-0.4, -0.2) is 18.1 Å². The molecule has 0 saturated carbocycles. The lowest BCUT2D eigenvalue weighted by Crippen LogP contribution is -2.26. The van der Waals surface area contributed by atoms with Crippen molar-refractivity contribution >= 4 is 0 Å². The number of hydrogen-bond acceptors (Lipinski definition) is 3. The number of rotatable bonds is 5. The molecule has 1 aromatic heterocycles. The zero-order valence-corrected chi connectivity index (χ0v) is 13.3. The van der Waals surface area contributed by atoms with Gasteiger partial charge in [0.15, 0.2) is 0 Å². The number of aryl methyl sites for hydroxylation is 2. The molecule has 0 fully saturated rings. The molecule has 112 valence electrons. The highest BCUT2D eigenvalue weighted by Crippen LogP contribution is 2.24. The number of aromatic nitrogens is 1. The van der Waals surface area contributed by atoms with E-state index in [0.717, 1.165) is 35.4 Å². The van der Waals surface area contributed by atoms with Gasteiger partial charge in [-0.1, -0.05) is 29.8 Å². The maximum absolute atomic E-state index is 6.31.